The maximum absolute atomic E-state index is 13.6. The zero-order chi connectivity index (χ0) is 24.4. The van der Waals surface area contributed by atoms with Gasteiger partial charge < -0.3 is 10.6 Å². The zero-order valence-corrected chi connectivity index (χ0v) is 19.7. The van der Waals surface area contributed by atoms with Gasteiger partial charge in [-0.25, -0.2) is 4.90 Å². The molecule has 3 aromatic rings. The lowest BCUT2D eigenvalue weighted by atomic mass is 10.0. The van der Waals surface area contributed by atoms with E-state index in [0.29, 0.717) is 16.9 Å². The molecule has 0 spiro atoms. The molecule has 34 heavy (non-hydrogen) atoms. The molecule has 0 fully saturated rings. The van der Waals surface area contributed by atoms with Gasteiger partial charge in [-0.3, -0.25) is 14.4 Å². The van der Waals surface area contributed by atoms with E-state index >= 15 is 0 Å². The predicted octanol–water partition coefficient (Wildman–Crippen LogP) is 5.22. The summed E-state index contributed by atoms with van der Waals surface area (Å²) in [5, 5.41) is 5.92. The van der Waals surface area contributed by atoms with Gasteiger partial charge >= 0.3 is 0 Å². The lowest BCUT2D eigenvalue weighted by Gasteiger charge is -2.16. The average Bonchev–Trinajstić information content (AvgIpc) is 3.06. The van der Waals surface area contributed by atoms with Crippen molar-refractivity contribution >= 4 is 40.4 Å². The number of nitrogens with zero attached hydrogens (tertiary/aromatic N) is 1. The number of rotatable bonds is 6. The van der Waals surface area contributed by atoms with Crippen LogP contribution in [0.25, 0.3) is 5.57 Å². The van der Waals surface area contributed by atoms with Gasteiger partial charge in [-0.05, 0) is 78.9 Å². The van der Waals surface area contributed by atoms with Crippen molar-refractivity contribution in [3.63, 3.8) is 0 Å². The molecular formula is C28H27N3O3. The maximum Gasteiger partial charge on any atom is 0.282 e. The van der Waals surface area contributed by atoms with Gasteiger partial charge in [-0.2, -0.15) is 0 Å². The number of imide groups is 1. The molecule has 6 heteroatoms. The van der Waals surface area contributed by atoms with Crippen LogP contribution in [0, 0.1) is 13.8 Å². The van der Waals surface area contributed by atoms with Crippen LogP contribution in [0.3, 0.4) is 0 Å². The van der Waals surface area contributed by atoms with Gasteiger partial charge in [0, 0.05) is 18.3 Å². The Bertz CT molecular complexity index is 1310. The topological polar surface area (TPSA) is 78.5 Å². The normalized spacial score (nSPS) is 13.5. The number of aryl methyl sites for hydroxylation is 3. The van der Waals surface area contributed by atoms with Crippen LogP contribution in [0.2, 0.25) is 0 Å². The van der Waals surface area contributed by atoms with E-state index in [2.05, 4.69) is 17.6 Å². The van der Waals surface area contributed by atoms with Gasteiger partial charge in [0.15, 0.2) is 0 Å². The zero-order valence-electron chi connectivity index (χ0n) is 19.7. The van der Waals surface area contributed by atoms with Gasteiger partial charge in [0.25, 0.3) is 11.8 Å². The molecule has 0 aliphatic carbocycles. The summed E-state index contributed by atoms with van der Waals surface area (Å²) in [5.74, 6) is -0.987. The summed E-state index contributed by atoms with van der Waals surface area (Å²) in [5.41, 5.74) is 6.31. The van der Waals surface area contributed by atoms with Crippen LogP contribution in [-0.2, 0) is 20.8 Å². The third-order valence-electron chi connectivity index (χ3n) is 5.96. The second-order valence-corrected chi connectivity index (χ2v) is 8.40. The van der Waals surface area contributed by atoms with Crippen LogP contribution in [0.1, 0.15) is 36.1 Å². The molecule has 0 saturated heterocycles. The quantitative estimate of drug-likeness (QED) is 0.502. The van der Waals surface area contributed by atoms with Crippen molar-refractivity contribution < 1.29 is 14.4 Å². The molecular weight excluding hydrogens is 426 g/mol. The standard InChI is InChI=1S/C28H27N3O3/c1-5-20-7-14-24(15-8-20)31-27(33)25(21-9-12-22(13-10-21)29-19(4)32)26(28(31)34)30-23-11-6-17(2)18(3)16-23/h6-16,30H,5H2,1-4H3,(H,29,32). The minimum atomic E-state index is -0.409. The van der Waals surface area contributed by atoms with Gasteiger partial charge in [0.05, 0.1) is 11.3 Å². The number of hydrogen-bond acceptors (Lipinski definition) is 4. The Hall–Kier alpha value is -4.19. The first-order valence-electron chi connectivity index (χ1n) is 11.2. The SMILES string of the molecule is CCc1ccc(N2C(=O)C(Nc3ccc(C)c(C)c3)=C(c3ccc(NC(C)=O)cc3)C2=O)cc1. The molecule has 0 unspecified atom stereocenters. The highest BCUT2D eigenvalue weighted by molar-refractivity contribution is 6.46. The number of anilines is 3. The first-order chi connectivity index (χ1) is 16.3. The van der Waals surface area contributed by atoms with E-state index in [0.717, 1.165) is 28.8 Å². The van der Waals surface area contributed by atoms with E-state index in [4.69, 9.17) is 0 Å². The van der Waals surface area contributed by atoms with Crippen LogP contribution in [0.15, 0.2) is 72.4 Å². The molecule has 0 aromatic heterocycles. The molecule has 1 aliphatic rings. The largest absolute Gasteiger partial charge is 0.350 e. The van der Waals surface area contributed by atoms with Gasteiger partial charge in [-0.15, -0.1) is 0 Å². The first-order valence-corrected chi connectivity index (χ1v) is 11.2. The summed E-state index contributed by atoms with van der Waals surface area (Å²) in [7, 11) is 0. The second-order valence-electron chi connectivity index (χ2n) is 8.40. The third kappa shape index (κ3) is 4.48. The molecule has 4 rings (SSSR count). The van der Waals surface area contributed by atoms with Gasteiger partial charge in [-0.1, -0.05) is 37.3 Å². The van der Waals surface area contributed by atoms with Crippen LogP contribution in [0.4, 0.5) is 17.1 Å². The summed E-state index contributed by atoms with van der Waals surface area (Å²) in [6, 6.07) is 20.2. The van der Waals surface area contributed by atoms with Crippen LogP contribution in [-0.4, -0.2) is 17.7 Å². The summed E-state index contributed by atoms with van der Waals surface area (Å²) >= 11 is 0. The Balaban J connectivity index is 1.77. The predicted molar refractivity (Wildman–Crippen MR) is 136 cm³/mol. The lowest BCUT2D eigenvalue weighted by Crippen LogP contribution is -2.32. The summed E-state index contributed by atoms with van der Waals surface area (Å²) < 4.78 is 0. The molecule has 1 aliphatic heterocycles. The number of benzene rings is 3. The Morgan fingerprint density at radius 1 is 0.824 bits per heavy atom. The van der Waals surface area contributed by atoms with Crippen LogP contribution >= 0.6 is 0 Å². The smallest absolute Gasteiger partial charge is 0.282 e. The van der Waals surface area contributed by atoms with Crippen LogP contribution < -0.4 is 15.5 Å². The minimum absolute atomic E-state index is 0.183. The molecule has 0 bridgehead atoms. The maximum atomic E-state index is 13.6. The van der Waals surface area contributed by atoms with Gasteiger partial charge in [0.2, 0.25) is 5.91 Å². The molecule has 0 radical (unpaired) electrons. The molecule has 3 amide bonds. The number of carbonyl (C=O) groups is 3. The van der Waals surface area contributed by atoms with E-state index in [1.165, 1.54) is 11.8 Å². The first kappa shape index (κ1) is 23.0. The molecule has 1 heterocycles. The van der Waals surface area contributed by atoms with Crippen molar-refractivity contribution in [3.05, 3.63) is 94.7 Å². The fraction of sp³-hybridized carbons (Fsp3) is 0.179. The Morgan fingerprint density at radius 3 is 2.06 bits per heavy atom. The fourth-order valence-electron chi connectivity index (χ4n) is 3.92. The van der Waals surface area contributed by atoms with E-state index < -0.39 is 11.8 Å². The number of nitrogens with one attached hydrogen (secondary N) is 2. The summed E-state index contributed by atoms with van der Waals surface area (Å²) in [6.07, 6.45) is 0.867. The Labute approximate surface area is 199 Å². The van der Waals surface area contributed by atoms with Crippen molar-refractivity contribution in [2.75, 3.05) is 15.5 Å². The van der Waals surface area contributed by atoms with Crippen molar-refractivity contribution in [2.45, 2.75) is 34.1 Å². The molecule has 2 N–H and O–H groups in total. The van der Waals surface area contributed by atoms with E-state index in [9.17, 15) is 14.4 Å². The summed E-state index contributed by atoms with van der Waals surface area (Å²) in [4.78, 5) is 39.7. The lowest BCUT2D eigenvalue weighted by molar-refractivity contribution is -0.120. The Kier molecular flexibility index (Phi) is 6.32. The van der Waals surface area contributed by atoms with E-state index in [1.807, 2.05) is 44.2 Å². The minimum Gasteiger partial charge on any atom is -0.350 e. The van der Waals surface area contributed by atoms with E-state index in [-0.39, 0.29) is 17.2 Å². The van der Waals surface area contributed by atoms with E-state index in [1.54, 1.807) is 36.4 Å². The second kappa shape index (κ2) is 9.35. The average molecular weight is 454 g/mol. The van der Waals surface area contributed by atoms with Crippen molar-refractivity contribution in [1.29, 1.82) is 0 Å². The molecule has 172 valence electrons. The summed E-state index contributed by atoms with van der Waals surface area (Å²) in [6.45, 7) is 7.51. The van der Waals surface area contributed by atoms with Crippen molar-refractivity contribution in [3.8, 4) is 0 Å². The van der Waals surface area contributed by atoms with Crippen molar-refractivity contribution in [2.24, 2.45) is 0 Å². The number of amides is 3. The van der Waals surface area contributed by atoms with Crippen LogP contribution in [0.5, 0.6) is 0 Å². The number of carbonyl (C=O) groups excluding carboxylic acids is 3. The van der Waals surface area contributed by atoms with Crippen molar-refractivity contribution in [1.82, 2.24) is 0 Å². The highest BCUT2D eigenvalue weighted by Crippen LogP contribution is 2.34. The molecule has 3 aromatic carbocycles. The monoisotopic (exact) mass is 453 g/mol. The highest BCUT2D eigenvalue weighted by Gasteiger charge is 2.40. The molecule has 0 atom stereocenters. The highest BCUT2D eigenvalue weighted by atomic mass is 16.2. The number of hydrogen-bond donors (Lipinski definition) is 2. The Morgan fingerprint density at radius 2 is 1.47 bits per heavy atom. The molecule has 6 nitrogen and oxygen atoms in total. The molecule has 0 saturated carbocycles. The fourth-order valence-corrected chi connectivity index (χ4v) is 3.92. The van der Waals surface area contributed by atoms with Gasteiger partial charge in [0.1, 0.15) is 5.70 Å². The third-order valence-corrected chi connectivity index (χ3v) is 5.96.